The van der Waals surface area contributed by atoms with Gasteiger partial charge in [0.2, 0.25) is 0 Å². The first-order valence-electron chi connectivity index (χ1n) is 4.70. The van der Waals surface area contributed by atoms with E-state index in [2.05, 4.69) is 4.98 Å². The second-order valence-corrected chi connectivity index (χ2v) is 3.62. The van der Waals surface area contributed by atoms with Gasteiger partial charge in [0.1, 0.15) is 16.6 Å². The smallest absolute Gasteiger partial charge is 0.137 e. The van der Waals surface area contributed by atoms with Crippen molar-refractivity contribution >= 4 is 17.2 Å². The first-order chi connectivity index (χ1) is 7.72. The van der Waals surface area contributed by atoms with Crippen molar-refractivity contribution in [3.63, 3.8) is 0 Å². The van der Waals surface area contributed by atoms with Gasteiger partial charge < -0.3 is 10.5 Å². The van der Waals surface area contributed by atoms with Crippen LogP contribution in [0.1, 0.15) is 5.69 Å². The number of thiocarbonyl (C=S) groups is 1. The minimum absolute atomic E-state index is 0.350. The molecule has 0 bridgehead atoms. The number of aromatic nitrogens is 2. The van der Waals surface area contributed by atoms with Crippen molar-refractivity contribution < 1.29 is 4.74 Å². The number of hydrogen-bond donors (Lipinski definition) is 1. The molecule has 2 heterocycles. The number of ether oxygens (including phenoxy) is 1. The Balaban J connectivity index is 2.42. The van der Waals surface area contributed by atoms with Gasteiger partial charge in [-0.2, -0.15) is 0 Å². The molecule has 0 atom stereocenters. The number of nitrogens with two attached hydrogens (primary N) is 1. The lowest BCUT2D eigenvalue weighted by Crippen LogP contribution is -2.14. The molecule has 0 spiro atoms. The topological polar surface area (TPSA) is 53.1 Å². The molecule has 2 rings (SSSR count). The number of hydrogen-bond acceptors (Lipinski definition) is 3. The summed E-state index contributed by atoms with van der Waals surface area (Å²) in [6.07, 6.45) is 3.52. The minimum atomic E-state index is 0.350. The van der Waals surface area contributed by atoms with E-state index >= 15 is 0 Å². The minimum Gasteiger partial charge on any atom is -0.495 e. The molecule has 0 aliphatic heterocycles. The molecule has 2 aromatic heterocycles. The van der Waals surface area contributed by atoms with Crippen LogP contribution in [0, 0.1) is 0 Å². The highest BCUT2D eigenvalue weighted by atomic mass is 32.1. The van der Waals surface area contributed by atoms with E-state index in [1.165, 1.54) is 0 Å². The van der Waals surface area contributed by atoms with E-state index in [0.29, 0.717) is 10.7 Å². The molecule has 0 saturated carbocycles. The number of pyridine rings is 1. The average Bonchev–Trinajstić information content (AvgIpc) is 2.78. The van der Waals surface area contributed by atoms with E-state index in [0.717, 1.165) is 11.5 Å². The summed E-state index contributed by atoms with van der Waals surface area (Å²) in [5.74, 6) is 1.47. The second kappa shape index (κ2) is 4.32. The van der Waals surface area contributed by atoms with E-state index in [4.69, 9.17) is 22.7 Å². The summed E-state index contributed by atoms with van der Waals surface area (Å²) < 4.78 is 6.88. The normalized spacial score (nSPS) is 10.1. The lowest BCUT2D eigenvalue weighted by molar-refractivity contribution is 0.413. The molecular weight excluding hydrogens is 222 g/mol. The number of rotatable bonds is 3. The standard InChI is InChI=1S/C11H11N3OS/c1-15-8-4-5-10(13-7-8)14-6-2-3-9(14)11(12)16/h2-7H,1H3,(H2,12,16). The first-order valence-corrected chi connectivity index (χ1v) is 5.11. The van der Waals surface area contributed by atoms with Gasteiger partial charge in [-0.3, -0.25) is 4.57 Å². The third-order valence-corrected chi connectivity index (χ3v) is 2.41. The van der Waals surface area contributed by atoms with E-state index in [-0.39, 0.29) is 0 Å². The monoisotopic (exact) mass is 233 g/mol. The summed E-state index contributed by atoms with van der Waals surface area (Å²) in [5, 5.41) is 0. The summed E-state index contributed by atoms with van der Waals surface area (Å²) in [5.41, 5.74) is 6.38. The fraction of sp³-hybridized carbons (Fsp3) is 0.0909. The predicted octanol–water partition coefficient (Wildman–Crippen LogP) is 1.52. The third-order valence-electron chi connectivity index (χ3n) is 2.20. The summed E-state index contributed by atoms with van der Waals surface area (Å²) in [4.78, 5) is 4.61. The summed E-state index contributed by atoms with van der Waals surface area (Å²) in [6.45, 7) is 0. The lowest BCUT2D eigenvalue weighted by atomic mass is 10.4. The Labute approximate surface area is 98.7 Å². The maximum absolute atomic E-state index is 5.61. The first kappa shape index (κ1) is 10.6. The van der Waals surface area contributed by atoms with Gasteiger partial charge in [-0.1, -0.05) is 12.2 Å². The van der Waals surface area contributed by atoms with Crippen molar-refractivity contribution in [1.29, 1.82) is 0 Å². The zero-order chi connectivity index (χ0) is 11.5. The van der Waals surface area contributed by atoms with Crippen molar-refractivity contribution in [3.8, 4) is 11.6 Å². The van der Waals surface area contributed by atoms with Crippen LogP contribution in [-0.2, 0) is 0 Å². The Morgan fingerprint density at radius 1 is 1.44 bits per heavy atom. The molecule has 0 aromatic carbocycles. The van der Waals surface area contributed by atoms with Gasteiger partial charge >= 0.3 is 0 Å². The van der Waals surface area contributed by atoms with E-state index < -0.39 is 0 Å². The van der Waals surface area contributed by atoms with Crippen LogP contribution in [0.4, 0.5) is 0 Å². The Kier molecular flexibility index (Phi) is 2.87. The van der Waals surface area contributed by atoms with Crippen LogP contribution < -0.4 is 10.5 Å². The molecule has 82 valence electrons. The average molecular weight is 233 g/mol. The van der Waals surface area contributed by atoms with Crippen LogP contribution in [0.25, 0.3) is 5.82 Å². The van der Waals surface area contributed by atoms with Crippen LogP contribution in [-0.4, -0.2) is 21.6 Å². The zero-order valence-corrected chi connectivity index (χ0v) is 9.57. The predicted molar refractivity (Wildman–Crippen MR) is 66.0 cm³/mol. The van der Waals surface area contributed by atoms with Crippen molar-refractivity contribution in [1.82, 2.24) is 9.55 Å². The SMILES string of the molecule is COc1ccc(-n2cccc2C(N)=S)nc1. The Morgan fingerprint density at radius 2 is 2.25 bits per heavy atom. The Morgan fingerprint density at radius 3 is 2.81 bits per heavy atom. The van der Waals surface area contributed by atoms with Gasteiger partial charge in [-0.15, -0.1) is 0 Å². The molecule has 0 unspecified atom stereocenters. The maximum atomic E-state index is 5.61. The van der Waals surface area contributed by atoms with E-state index in [9.17, 15) is 0 Å². The number of methoxy groups -OCH3 is 1. The Bertz CT molecular complexity index is 504. The highest BCUT2D eigenvalue weighted by molar-refractivity contribution is 7.80. The zero-order valence-electron chi connectivity index (χ0n) is 8.75. The van der Waals surface area contributed by atoms with E-state index in [1.54, 1.807) is 13.3 Å². The molecule has 2 aromatic rings. The molecule has 0 fully saturated rings. The molecule has 0 saturated heterocycles. The molecule has 4 nitrogen and oxygen atoms in total. The fourth-order valence-electron chi connectivity index (χ4n) is 1.42. The highest BCUT2D eigenvalue weighted by Gasteiger charge is 2.06. The molecule has 0 aliphatic rings. The van der Waals surface area contributed by atoms with Crippen LogP contribution >= 0.6 is 12.2 Å². The fourth-order valence-corrected chi connectivity index (χ4v) is 1.58. The lowest BCUT2D eigenvalue weighted by Gasteiger charge is -2.07. The third kappa shape index (κ3) is 1.90. The quantitative estimate of drug-likeness (QED) is 0.817. The van der Waals surface area contributed by atoms with Crippen molar-refractivity contribution in [3.05, 3.63) is 42.4 Å². The molecule has 16 heavy (non-hydrogen) atoms. The Hall–Kier alpha value is -1.88. The van der Waals surface area contributed by atoms with Crippen molar-refractivity contribution in [2.24, 2.45) is 5.73 Å². The van der Waals surface area contributed by atoms with E-state index in [1.807, 2.05) is 35.0 Å². The molecule has 0 amide bonds. The van der Waals surface area contributed by atoms with Gasteiger partial charge in [0.05, 0.1) is 19.0 Å². The molecule has 5 heteroatoms. The van der Waals surface area contributed by atoms with Crippen LogP contribution in [0.3, 0.4) is 0 Å². The summed E-state index contributed by atoms with van der Waals surface area (Å²) in [6, 6.07) is 7.42. The van der Waals surface area contributed by atoms with Gasteiger partial charge in [0.15, 0.2) is 0 Å². The van der Waals surface area contributed by atoms with Gasteiger partial charge in [-0.25, -0.2) is 4.98 Å². The van der Waals surface area contributed by atoms with Crippen LogP contribution in [0.5, 0.6) is 5.75 Å². The van der Waals surface area contributed by atoms with Gasteiger partial charge in [-0.05, 0) is 24.3 Å². The molecule has 0 radical (unpaired) electrons. The summed E-state index contributed by atoms with van der Waals surface area (Å²) >= 11 is 4.96. The van der Waals surface area contributed by atoms with Crippen LogP contribution in [0.15, 0.2) is 36.7 Å². The maximum Gasteiger partial charge on any atom is 0.137 e. The number of nitrogens with zero attached hydrogens (tertiary/aromatic N) is 2. The van der Waals surface area contributed by atoms with Crippen molar-refractivity contribution in [2.45, 2.75) is 0 Å². The molecular formula is C11H11N3OS. The largest absolute Gasteiger partial charge is 0.495 e. The molecule has 2 N–H and O–H groups in total. The van der Waals surface area contributed by atoms with Crippen molar-refractivity contribution in [2.75, 3.05) is 7.11 Å². The van der Waals surface area contributed by atoms with Gasteiger partial charge in [0, 0.05) is 6.20 Å². The summed E-state index contributed by atoms with van der Waals surface area (Å²) in [7, 11) is 1.60. The molecule has 0 aliphatic carbocycles. The highest BCUT2D eigenvalue weighted by Crippen LogP contribution is 2.14. The van der Waals surface area contributed by atoms with Gasteiger partial charge in [0.25, 0.3) is 0 Å². The van der Waals surface area contributed by atoms with Crippen LogP contribution in [0.2, 0.25) is 0 Å². The second-order valence-electron chi connectivity index (χ2n) is 3.18.